The lowest BCUT2D eigenvalue weighted by molar-refractivity contribution is 0.0939. The summed E-state index contributed by atoms with van der Waals surface area (Å²) < 4.78 is 6.69. The average molecular weight is 315 g/mol. The fraction of sp³-hybridized carbons (Fsp3) is 0.471. The van der Waals surface area contributed by atoms with E-state index in [4.69, 9.17) is 4.74 Å². The molecule has 1 aromatic heterocycles. The molecule has 2 heterocycles. The van der Waals surface area contributed by atoms with E-state index >= 15 is 0 Å². The zero-order chi connectivity index (χ0) is 16.4. The number of carbonyl (C=O) groups excluding carboxylic acids is 1. The van der Waals surface area contributed by atoms with Crippen LogP contribution in [0.5, 0.6) is 0 Å². The highest BCUT2D eigenvalue weighted by atomic mass is 16.5. The summed E-state index contributed by atoms with van der Waals surface area (Å²) in [5, 5.41) is 8.34. The predicted molar refractivity (Wildman–Crippen MR) is 87.6 cm³/mol. The van der Waals surface area contributed by atoms with Gasteiger partial charge < -0.3 is 10.1 Å². The predicted octanol–water partition coefficient (Wildman–Crippen LogP) is 1.74. The normalized spacial score (nSPS) is 17.8. The number of hydrogen-bond donors (Lipinski definition) is 1. The standard InChI is InChI=1S/C17H21N3O3/c1-11(2)20-17(22)14-6-4-3-5-13(14)15(19-20)16(21)18-9-12-7-8-23-10-12/h3-6,11-12H,7-10H2,1-2H3,(H,18,21)/t12-/m0/s1. The highest BCUT2D eigenvalue weighted by Gasteiger charge is 2.20. The molecule has 1 saturated heterocycles. The van der Waals surface area contributed by atoms with Gasteiger partial charge in [0, 0.05) is 24.5 Å². The van der Waals surface area contributed by atoms with Crippen LogP contribution in [0.25, 0.3) is 10.8 Å². The number of rotatable bonds is 4. The zero-order valence-electron chi connectivity index (χ0n) is 13.4. The van der Waals surface area contributed by atoms with E-state index in [1.165, 1.54) is 4.68 Å². The molecular formula is C17H21N3O3. The monoisotopic (exact) mass is 315 g/mol. The van der Waals surface area contributed by atoms with Crippen LogP contribution < -0.4 is 10.9 Å². The maximum atomic E-state index is 12.6. The van der Waals surface area contributed by atoms with E-state index in [1.54, 1.807) is 18.2 Å². The van der Waals surface area contributed by atoms with Gasteiger partial charge in [-0.05, 0) is 26.3 Å². The molecule has 1 aliphatic heterocycles. The molecule has 1 fully saturated rings. The molecule has 1 aromatic carbocycles. The molecular weight excluding hydrogens is 294 g/mol. The van der Waals surface area contributed by atoms with Crippen molar-refractivity contribution in [2.24, 2.45) is 5.92 Å². The van der Waals surface area contributed by atoms with Crippen LogP contribution in [0.2, 0.25) is 0 Å². The van der Waals surface area contributed by atoms with Gasteiger partial charge in [0.05, 0.1) is 18.0 Å². The van der Waals surface area contributed by atoms with Crippen LogP contribution in [-0.4, -0.2) is 35.4 Å². The molecule has 1 atom stereocenters. The molecule has 1 aliphatic rings. The third-order valence-corrected chi connectivity index (χ3v) is 4.11. The summed E-state index contributed by atoms with van der Waals surface area (Å²) in [4.78, 5) is 25.0. The zero-order valence-corrected chi connectivity index (χ0v) is 13.4. The number of aromatic nitrogens is 2. The van der Waals surface area contributed by atoms with Gasteiger partial charge in [-0.1, -0.05) is 18.2 Å². The number of ether oxygens (including phenoxy) is 1. The first-order chi connectivity index (χ1) is 11.1. The minimum atomic E-state index is -0.248. The molecule has 0 unspecified atom stereocenters. The van der Waals surface area contributed by atoms with E-state index in [0.717, 1.165) is 13.0 Å². The first-order valence-electron chi connectivity index (χ1n) is 7.95. The minimum absolute atomic E-state index is 0.109. The van der Waals surface area contributed by atoms with Gasteiger partial charge >= 0.3 is 0 Å². The van der Waals surface area contributed by atoms with Crippen molar-refractivity contribution in [1.29, 1.82) is 0 Å². The second kappa shape index (κ2) is 6.50. The van der Waals surface area contributed by atoms with Crippen LogP contribution >= 0.6 is 0 Å². The van der Waals surface area contributed by atoms with Gasteiger partial charge in [0.1, 0.15) is 0 Å². The van der Waals surface area contributed by atoms with Gasteiger partial charge in [0.25, 0.3) is 11.5 Å². The average Bonchev–Trinajstić information content (AvgIpc) is 3.06. The van der Waals surface area contributed by atoms with E-state index in [9.17, 15) is 9.59 Å². The molecule has 3 rings (SSSR count). The summed E-state index contributed by atoms with van der Waals surface area (Å²) in [6, 6.07) is 7.00. The lowest BCUT2D eigenvalue weighted by Crippen LogP contribution is -2.34. The molecule has 0 radical (unpaired) electrons. The number of nitrogens with one attached hydrogen (secondary N) is 1. The summed E-state index contributed by atoms with van der Waals surface area (Å²) in [5.41, 5.74) is 0.129. The third kappa shape index (κ3) is 3.12. The third-order valence-electron chi connectivity index (χ3n) is 4.11. The van der Waals surface area contributed by atoms with Gasteiger partial charge in [-0.15, -0.1) is 0 Å². The number of benzene rings is 1. The molecule has 1 amide bonds. The molecule has 0 spiro atoms. The Morgan fingerprint density at radius 1 is 1.39 bits per heavy atom. The number of hydrogen-bond acceptors (Lipinski definition) is 4. The van der Waals surface area contributed by atoms with Crippen molar-refractivity contribution in [2.75, 3.05) is 19.8 Å². The van der Waals surface area contributed by atoms with E-state index in [-0.39, 0.29) is 17.5 Å². The Morgan fingerprint density at radius 2 is 2.13 bits per heavy atom. The van der Waals surface area contributed by atoms with Gasteiger partial charge in [-0.25, -0.2) is 4.68 Å². The SMILES string of the molecule is CC(C)n1nc(C(=O)NC[C@@H]2CCOC2)c2ccccc2c1=O. The Kier molecular flexibility index (Phi) is 4.43. The number of fused-ring (bicyclic) bond motifs is 1. The summed E-state index contributed by atoms with van der Waals surface area (Å²) in [6.45, 7) is 5.75. The van der Waals surface area contributed by atoms with Gasteiger partial charge in [0.15, 0.2) is 5.69 Å². The van der Waals surface area contributed by atoms with Crippen LogP contribution in [0.3, 0.4) is 0 Å². The Morgan fingerprint density at radius 3 is 2.78 bits per heavy atom. The van der Waals surface area contributed by atoms with Crippen molar-refractivity contribution in [3.63, 3.8) is 0 Å². The molecule has 2 aromatic rings. The Labute approximate surface area is 134 Å². The van der Waals surface area contributed by atoms with Crippen LogP contribution in [-0.2, 0) is 4.74 Å². The van der Waals surface area contributed by atoms with E-state index in [1.807, 2.05) is 19.9 Å². The number of amides is 1. The molecule has 122 valence electrons. The van der Waals surface area contributed by atoms with Crippen molar-refractivity contribution in [3.05, 3.63) is 40.3 Å². The Hall–Kier alpha value is -2.21. The Bertz CT molecular complexity index is 776. The molecule has 0 saturated carbocycles. The van der Waals surface area contributed by atoms with Crippen LogP contribution in [0.15, 0.2) is 29.1 Å². The lowest BCUT2D eigenvalue weighted by atomic mass is 10.1. The fourth-order valence-electron chi connectivity index (χ4n) is 2.79. The van der Waals surface area contributed by atoms with Crippen molar-refractivity contribution >= 4 is 16.7 Å². The minimum Gasteiger partial charge on any atom is -0.381 e. The lowest BCUT2D eigenvalue weighted by Gasteiger charge is -2.14. The van der Waals surface area contributed by atoms with E-state index in [0.29, 0.717) is 35.5 Å². The maximum Gasteiger partial charge on any atom is 0.274 e. The highest BCUT2D eigenvalue weighted by molar-refractivity contribution is 6.04. The molecule has 1 N–H and O–H groups in total. The highest BCUT2D eigenvalue weighted by Crippen LogP contribution is 2.15. The second-order valence-electron chi connectivity index (χ2n) is 6.18. The molecule has 6 nitrogen and oxygen atoms in total. The fourth-order valence-corrected chi connectivity index (χ4v) is 2.79. The molecule has 23 heavy (non-hydrogen) atoms. The number of nitrogens with zero attached hydrogens (tertiary/aromatic N) is 2. The Balaban J connectivity index is 1.96. The second-order valence-corrected chi connectivity index (χ2v) is 6.18. The van der Waals surface area contributed by atoms with Crippen molar-refractivity contribution in [1.82, 2.24) is 15.1 Å². The summed E-state index contributed by atoms with van der Waals surface area (Å²) in [7, 11) is 0. The van der Waals surface area contributed by atoms with Gasteiger partial charge in [-0.2, -0.15) is 5.10 Å². The van der Waals surface area contributed by atoms with Crippen molar-refractivity contribution < 1.29 is 9.53 Å². The topological polar surface area (TPSA) is 73.2 Å². The van der Waals surface area contributed by atoms with Gasteiger partial charge in [0.2, 0.25) is 0 Å². The molecule has 0 aliphatic carbocycles. The van der Waals surface area contributed by atoms with Crippen LogP contribution in [0.1, 0.15) is 36.8 Å². The van der Waals surface area contributed by atoms with Crippen molar-refractivity contribution in [3.8, 4) is 0 Å². The van der Waals surface area contributed by atoms with E-state index < -0.39 is 0 Å². The van der Waals surface area contributed by atoms with Crippen molar-refractivity contribution in [2.45, 2.75) is 26.3 Å². The summed E-state index contributed by atoms with van der Waals surface area (Å²) >= 11 is 0. The first kappa shape index (κ1) is 15.7. The first-order valence-corrected chi connectivity index (χ1v) is 7.95. The summed E-state index contributed by atoms with van der Waals surface area (Å²) in [6.07, 6.45) is 0.958. The quantitative estimate of drug-likeness (QED) is 0.933. The largest absolute Gasteiger partial charge is 0.381 e. The van der Waals surface area contributed by atoms with E-state index in [2.05, 4.69) is 10.4 Å². The summed E-state index contributed by atoms with van der Waals surface area (Å²) in [5.74, 6) is 0.101. The molecule has 0 bridgehead atoms. The number of carbonyl (C=O) groups is 1. The van der Waals surface area contributed by atoms with Crippen LogP contribution in [0.4, 0.5) is 0 Å². The molecule has 6 heteroatoms. The smallest absolute Gasteiger partial charge is 0.274 e. The van der Waals surface area contributed by atoms with Gasteiger partial charge in [-0.3, -0.25) is 9.59 Å². The maximum absolute atomic E-state index is 12.6. The van der Waals surface area contributed by atoms with Crippen LogP contribution in [0, 0.1) is 5.92 Å².